The van der Waals surface area contributed by atoms with E-state index in [1.165, 1.54) is 15.9 Å². The van der Waals surface area contributed by atoms with Crippen molar-refractivity contribution in [3.8, 4) is 0 Å². The van der Waals surface area contributed by atoms with E-state index >= 15 is 0 Å². The molecule has 1 saturated heterocycles. The van der Waals surface area contributed by atoms with Gasteiger partial charge in [0.25, 0.3) is 5.91 Å². The van der Waals surface area contributed by atoms with Gasteiger partial charge in [0.2, 0.25) is 0 Å². The van der Waals surface area contributed by atoms with Crippen LogP contribution >= 0.6 is 0 Å². The highest BCUT2D eigenvalue weighted by atomic mass is 19.4. The number of alkyl halides is 6. The van der Waals surface area contributed by atoms with Gasteiger partial charge >= 0.3 is 18.4 Å². The summed E-state index contributed by atoms with van der Waals surface area (Å²) in [4.78, 5) is 27.6. The maximum Gasteiger partial charge on any atom is 0.416 e. The number of ether oxygens (including phenoxy) is 1. The van der Waals surface area contributed by atoms with E-state index in [2.05, 4.69) is 5.10 Å². The van der Waals surface area contributed by atoms with E-state index in [0.717, 1.165) is 0 Å². The van der Waals surface area contributed by atoms with Crippen LogP contribution in [0.15, 0.2) is 24.3 Å². The lowest BCUT2D eigenvalue weighted by Crippen LogP contribution is -2.57. The zero-order valence-corrected chi connectivity index (χ0v) is 17.5. The van der Waals surface area contributed by atoms with Crippen molar-refractivity contribution in [3.63, 3.8) is 0 Å². The number of nitrogens with zero attached hydrogens (tertiary/aromatic N) is 4. The molecule has 2 N–H and O–H groups in total. The molecule has 0 aliphatic carbocycles. The first-order valence-corrected chi connectivity index (χ1v) is 10.1. The van der Waals surface area contributed by atoms with Crippen LogP contribution in [-0.2, 0) is 36.8 Å². The van der Waals surface area contributed by atoms with Gasteiger partial charge in [-0.2, -0.15) is 31.4 Å². The zero-order chi connectivity index (χ0) is 24.8. The first-order valence-electron chi connectivity index (χ1n) is 10.1. The van der Waals surface area contributed by atoms with Gasteiger partial charge in [-0.25, -0.2) is 4.79 Å². The van der Waals surface area contributed by atoms with Crippen molar-refractivity contribution in [3.05, 3.63) is 52.3 Å². The highest BCUT2D eigenvalue weighted by Gasteiger charge is 2.37. The second-order valence-electron chi connectivity index (χ2n) is 8.10. The molecule has 2 aliphatic rings. The van der Waals surface area contributed by atoms with Crippen molar-refractivity contribution in [2.45, 2.75) is 38.1 Å². The third-order valence-electron chi connectivity index (χ3n) is 5.48. The number of carbonyl (C=O) groups excluding carboxylic acids is 2. The van der Waals surface area contributed by atoms with Gasteiger partial charge in [-0.15, -0.1) is 0 Å². The van der Waals surface area contributed by atoms with E-state index in [4.69, 9.17) is 10.5 Å². The average Bonchev–Trinajstić information content (AvgIpc) is 3.16. The molecule has 0 radical (unpaired) electrons. The molecule has 184 valence electrons. The highest BCUT2D eigenvalue weighted by molar-refractivity contribution is 5.93. The van der Waals surface area contributed by atoms with Gasteiger partial charge < -0.3 is 20.3 Å². The molecule has 4 rings (SSSR count). The maximum absolute atomic E-state index is 13.0. The minimum atomic E-state index is -5.00. The second kappa shape index (κ2) is 8.49. The van der Waals surface area contributed by atoms with E-state index in [0.29, 0.717) is 30.9 Å². The number of rotatable bonds is 3. The summed E-state index contributed by atoms with van der Waals surface area (Å²) in [6.45, 7) is 0.441. The third-order valence-corrected chi connectivity index (χ3v) is 5.48. The topological polar surface area (TPSA) is 93.7 Å². The predicted molar refractivity (Wildman–Crippen MR) is 103 cm³/mol. The molecule has 0 atom stereocenters. The molecule has 14 heteroatoms. The first-order chi connectivity index (χ1) is 15.8. The largest absolute Gasteiger partial charge is 0.445 e. The van der Waals surface area contributed by atoms with E-state index < -0.39 is 41.7 Å². The number of halogens is 6. The van der Waals surface area contributed by atoms with Crippen LogP contribution in [0.3, 0.4) is 0 Å². The van der Waals surface area contributed by atoms with Crippen molar-refractivity contribution >= 4 is 12.0 Å². The monoisotopic (exact) mass is 491 g/mol. The first kappa shape index (κ1) is 23.9. The van der Waals surface area contributed by atoms with Gasteiger partial charge in [-0.1, -0.05) is 0 Å². The Kier molecular flexibility index (Phi) is 5.96. The van der Waals surface area contributed by atoms with Crippen LogP contribution in [0.5, 0.6) is 0 Å². The fourth-order valence-corrected chi connectivity index (χ4v) is 3.71. The molecule has 34 heavy (non-hydrogen) atoms. The van der Waals surface area contributed by atoms with Gasteiger partial charge in [0, 0.05) is 25.7 Å². The van der Waals surface area contributed by atoms with Crippen LogP contribution in [0.1, 0.15) is 32.9 Å². The molecule has 2 aliphatic heterocycles. The minimum Gasteiger partial charge on any atom is -0.445 e. The Morgan fingerprint density at radius 1 is 0.971 bits per heavy atom. The van der Waals surface area contributed by atoms with Gasteiger partial charge in [-0.05, 0) is 29.8 Å². The molecule has 2 aromatic rings. The number of aromatic nitrogens is 2. The van der Waals surface area contributed by atoms with Crippen molar-refractivity contribution < 1.29 is 40.7 Å². The molecule has 3 heterocycles. The lowest BCUT2D eigenvalue weighted by atomic mass is 10.1. The summed E-state index contributed by atoms with van der Waals surface area (Å²) in [6, 6.07) is 2.47. The Morgan fingerprint density at radius 3 is 2.15 bits per heavy atom. The summed E-state index contributed by atoms with van der Waals surface area (Å²) in [5.74, 6) is -0.289. The fourth-order valence-electron chi connectivity index (χ4n) is 3.71. The molecule has 1 aromatic heterocycles. The molecule has 0 unspecified atom stereocenters. The fraction of sp³-hybridized carbons (Fsp3) is 0.450. The number of benzene rings is 1. The molecular formula is C20H19F6N5O3. The third kappa shape index (κ3) is 4.95. The SMILES string of the molecule is NC1CN(C(=O)c2cc3n(n2)CCN(C(=O)OCc2cc(C(F)(F)F)cc(C(F)(F)F)c2)C3)C1. The van der Waals surface area contributed by atoms with Crippen LogP contribution in [0, 0.1) is 0 Å². The second-order valence-corrected chi connectivity index (χ2v) is 8.10. The van der Waals surface area contributed by atoms with Gasteiger partial charge in [0.15, 0.2) is 5.69 Å². The Labute approximate surface area is 188 Å². The number of hydrogen-bond acceptors (Lipinski definition) is 5. The van der Waals surface area contributed by atoms with Gasteiger partial charge in [-0.3, -0.25) is 9.48 Å². The number of nitrogens with two attached hydrogens (primary N) is 1. The Hall–Kier alpha value is -3.29. The molecule has 1 fully saturated rings. The molecule has 0 spiro atoms. The number of fused-ring (bicyclic) bond motifs is 1. The van der Waals surface area contributed by atoms with E-state index in [1.807, 2.05) is 0 Å². The van der Waals surface area contributed by atoms with Crippen LogP contribution in [0.2, 0.25) is 0 Å². The van der Waals surface area contributed by atoms with E-state index in [9.17, 15) is 35.9 Å². The van der Waals surface area contributed by atoms with Crippen LogP contribution < -0.4 is 5.73 Å². The van der Waals surface area contributed by atoms with Crippen LogP contribution in [-0.4, -0.2) is 57.3 Å². The molecule has 2 amide bonds. The summed E-state index contributed by atoms with van der Waals surface area (Å²) in [6.07, 6.45) is -10.9. The normalized spacial score (nSPS) is 16.8. The quantitative estimate of drug-likeness (QED) is 0.667. The van der Waals surface area contributed by atoms with Gasteiger partial charge in [0.1, 0.15) is 6.61 Å². The standard InChI is InChI=1S/C20H19F6N5O3/c21-19(22,23)12-3-11(4-13(5-12)20(24,25)26)10-34-18(33)29-1-2-31-15(9-29)6-16(28-31)17(32)30-7-14(27)8-30/h3-6,14H,1-2,7-10,27H2. The van der Waals surface area contributed by atoms with E-state index in [1.54, 1.807) is 4.68 Å². The molecule has 1 aromatic carbocycles. The van der Waals surface area contributed by atoms with Gasteiger partial charge in [0.05, 0.1) is 29.9 Å². The van der Waals surface area contributed by atoms with Crippen molar-refractivity contribution in [1.82, 2.24) is 19.6 Å². The van der Waals surface area contributed by atoms with Crippen LogP contribution in [0.4, 0.5) is 31.1 Å². The highest BCUT2D eigenvalue weighted by Crippen LogP contribution is 2.36. The Morgan fingerprint density at radius 2 is 1.59 bits per heavy atom. The minimum absolute atomic E-state index is 0.00382. The number of amides is 2. The predicted octanol–water partition coefficient (Wildman–Crippen LogP) is 2.86. The summed E-state index contributed by atoms with van der Waals surface area (Å²) >= 11 is 0. The number of carbonyl (C=O) groups is 2. The van der Waals surface area contributed by atoms with Crippen LogP contribution in [0.25, 0.3) is 0 Å². The summed E-state index contributed by atoms with van der Waals surface area (Å²) < 4.78 is 84.5. The lowest BCUT2D eigenvalue weighted by molar-refractivity contribution is -0.143. The summed E-state index contributed by atoms with van der Waals surface area (Å²) in [7, 11) is 0. The number of hydrogen-bond donors (Lipinski definition) is 1. The van der Waals surface area contributed by atoms with Crippen molar-refractivity contribution in [2.24, 2.45) is 5.73 Å². The molecule has 0 bridgehead atoms. The summed E-state index contributed by atoms with van der Waals surface area (Å²) in [5.41, 5.74) is 2.98. The molecular weight excluding hydrogens is 472 g/mol. The van der Waals surface area contributed by atoms with E-state index in [-0.39, 0.29) is 43.3 Å². The smallest absolute Gasteiger partial charge is 0.416 e. The molecule has 0 saturated carbocycles. The Bertz CT molecular complexity index is 1070. The van der Waals surface area contributed by atoms with Crippen molar-refractivity contribution in [1.29, 1.82) is 0 Å². The van der Waals surface area contributed by atoms with Crippen molar-refractivity contribution in [2.75, 3.05) is 19.6 Å². The lowest BCUT2D eigenvalue weighted by Gasteiger charge is -2.36. The Balaban J connectivity index is 1.41. The summed E-state index contributed by atoms with van der Waals surface area (Å²) in [5, 5.41) is 4.22. The molecule has 8 nitrogen and oxygen atoms in total. The maximum atomic E-state index is 13.0. The zero-order valence-electron chi connectivity index (χ0n) is 17.5. The average molecular weight is 491 g/mol. The number of likely N-dealkylation sites (tertiary alicyclic amines) is 1.